The molecule has 1 fully saturated rings. The molecule has 5 aromatic carbocycles. The van der Waals surface area contributed by atoms with Gasteiger partial charge in [0.2, 0.25) is 0 Å². The van der Waals surface area contributed by atoms with Crippen molar-refractivity contribution in [1.29, 1.82) is 0 Å². The molecule has 4 amide bonds. The van der Waals surface area contributed by atoms with Gasteiger partial charge in [0.05, 0.1) is 29.2 Å². The number of carbonyl (C=O) groups is 3. The van der Waals surface area contributed by atoms with Gasteiger partial charge in [-0.2, -0.15) is 0 Å². The van der Waals surface area contributed by atoms with E-state index in [0.717, 1.165) is 26.2 Å². The highest BCUT2D eigenvalue weighted by Crippen LogP contribution is 2.27. The molecule has 0 unspecified atom stereocenters. The normalized spacial score (nSPS) is 14.0. The molecule has 3 N–H and O–H groups in total. The summed E-state index contributed by atoms with van der Waals surface area (Å²) in [6, 6.07) is 41.0. The van der Waals surface area contributed by atoms with E-state index >= 15 is 0 Å². The maximum absolute atomic E-state index is 13.8. The first-order valence-corrected chi connectivity index (χ1v) is 17.2. The summed E-state index contributed by atoms with van der Waals surface area (Å²) in [5.41, 5.74) is 6.57. The van der Waals surface area contributed by atoms with E-state index in [0.29, 0.717) is 34.8 Å². The number of amides is 4. The zero-order chi connectivity index (χ0) is 38.1. The lowest BCUT2D eigenvalue weighted by Gasteiger charge is -2.26. The Kier molecular flexibility index (Phi) is 10.6. The number of aromatic amines is 1. The summed E-state index contributed by atoms with van der Waals surface area (Å²) >= 11 is 0. The Bertz CT molecular complexity index is 2590. The van der Waals surface area contributed by atoms with Gasteiger partial charge >= 0.3 is 11.7 Å². The van der Waals surface area contributed by atoms with E-state index in [1.54, 1.807) is 54.6 Å². The van der Waals surface area contributed by atoms with Crippen molar-refractivity contribution < 1.29 is 19.2 Å². The number of imide groups is 2. The Hall–Kier alpha value is -7.63. The van der Waals surface area contributed by atoms with E-state index in [9.17, 15) is 24.0 Å². The van der Waals surface area contributed by atoms with E-state index in [1.807, 2.05) is 97.1 Å². The molecule has 55 heavy (non-hydrogen) atoms. The van der Waals surface area contributed by atoms with Crippen molar-refractivity contribution >= 4 is 40.9 Å². The average molecular weight is 728 g/mol. The zero-order valence-corrected chi connectivity index (χ0v) is 29.2. The number of urea groups is 1. The lowest BCUT2D eigenvalue weighted by Crippen LogP contribution is -2.54. The smallest absolute Gasteiger partial charge is 0.313 e. The van der Waals surface area contributed by atoms with Gasteiger partial charge in [-0.15, -0.1) is 0 Å². The minimum Gasteiger partial charge on any atom is -0.313 e. The second-order valence-corrected chi connectivity index (χ2v) is 12.3. The number of allylic oxidation sites excluding steroid dienone is 4. The summed E-state index contributed by atoms with van der Waals surface area (Å²) in [6.07, 6.45) is 7.38. The number of nitrogens with one attached hydrogen (secondary N) is 3. The molecule has 1 aliphatic heterocycles. The van der Waals surface area contributed by atoms with Crippen molar-refractivity contribution in [2.24, 2.45) is 0 Å². The molecule has 0 radical (unpaired) electrons. The third kappa shape index (κ3) is 8.22. The minimum absolute atomic E-state index is 0.161. The molecule has 1 aliphatic rings. The average Bonchev–Trinajstić information content (AvgIpc) is 3.21. The first-order chi connectivity index (χ1) is 26.9. The third-order valence-corrected chi connectivity index (χ3v) is 8.67. The van der Waals surface area contributed by atoms with Crippen LogP contribution in [0.3, 0.4) is 0 Å². The molecule has 0 atom stereocenters. The van der Waals surface area contributed by atoms with Crippen molar-refractivity contribution in [3.63, 3.8) is 0 Å². The summed E-state index contributed by atoms with van der Waals surface area (Å²) in [4.78, 5) is 75.6. The molecular weight excluding hydrogens is 695 g/mol. The minimum atomic E-state index is -0.861. The molecule has 11 nitrogen and oxygen atoms in total. The fraction of sp³-hybridized carbons (Fsp3) is 0.0227. The lowest BCUT2D eigenvalue weighted by molar-refractivity contribution is -0.122. The number of anilines is 2. The SMILES string of the molecule is O=C1NC(=O)N(c2cccc(-c3ccccc3)c2)C(=O)C1=CC=C(C=Cc1c[nH]c(=O)n(-c2cccc(NOCc3ccccc3)c2)c1=O)c1ccccc1. The number of nitrogens with zero attached hydrogens (tertiary/aromatic N) is 2. The Morgan fingerprint density at radius 2 is 1.38 bits per heavy atom. The first-order valence-electron chi connectivity index (χ1n) is 17.2. The van der Waals surface area contributed by atoms with Gasteiger partial charge in [-0.05, 0) is 70.3 Å². The van der Waals surface area contributed by atoms with Crippen molar-refractivity contribution in [2.45, 2.75) is 6.61 Å². The number of benzene rings is 5. The van der Waals surface area contributed by atoms with Crippen LogP contribution < -0.4 is 26.9 Å². The molecule has 11 heteroatoms. The van der Waals surface area contributed by atoms with Crippen molar-refractivity contribution in [3.05, 3.63) is 207 Å². The van der Waals surface area contributed by atoms with Crippen LogP contribution in [0.4, 0.5) is 16.2 Å². The summed E-state index contributed by atoms with van der Waals surface area (Å²) in [5, 5.41) is 2.27. The van der Waals surface area contributed by atoms with Gasteiger partial charge in [0.15, 0.2) is 0 Å². The molecule has 7 rings (SSSR count). The number of barbiturate groups is 1. The van der Waals surface area contributed by atoms with E-state index < -0.39 is 29.1 Å². The Morgan fingerprint density at radius 1 is 0.709 bits per heavy atom. The van der Waals surface area contributed by atoms with Crippen molar-refractivity contribution in [2.75, 3.05) is 10.4 Å². The Labute approximate surface area is 315 Å². The summed E-state index contributed by atoms with van der Waals surface area (Å²) in [5.74, 6) is -1.64. The highest BCUT2D eigenvalue weighted by molar-refractivity contribution is 6.37. The summed E-state index contributed by atoms with van der Waals surface area (Å²) in [7, 11) is 0. The molecule has 1 aromatic heterocycles. The molecule has 0 spiro atoms. The molecule has 270 valence electrons. The fourth-order valence-corrected chi connectivity index (χ4v) is 5.92. The zero-order valence-electron chi connectivity index (χ0n) is 29.2. The van der Waals surface area contributed by atoms with Crippen LogP contribution in [0.15, 0.2) is 179 Å². The molecule has 0 saturated carbocycles. The van der Waals surface area contributed by atoms with E-state index in [1.165, 1.54) is 18.3 Å². The van der Waals surface area contributed by atoms with Gasteiger partial charge in [-0.1, -0.05) is 121 Å². The number of hydrogen-bond acceptors (Lipinski definition) is 7. The maximum atomic E-state index is 13.8. The second-order valence-electron chi connectivity index (χ2n) is 12.3. The standard InChI is InChI=1S/C44H33N5O6/c50-40-39(42(52)49(44(54)46-40)37-20-10-18-34(26-37)32-16-8-3-9-17-32)25-24-33(31-14-6-2-7-15-31)22-23-35-28-45-43(53)48(41(35)51)38-21-11-19-36(27-38)47-55-29-30-12-4-1-5-13-30/h1-28,47H,29H2,(H,45,53)(H,46,50,54). The van der Waals surface area contributed by atoms with Crippen LogP contribution in [0.5, 0.6) is 0 Å². The van der Waals surface area contributed by atoms with Gasteiger partial charge < -0.3 is 4.98 Å². The fourth-order valence-electron chi connectivity index (χ4n) is 5.92. The molecule has 6 aromatic rings. The second kappa shape index (κ2) is 16.4. The number of hydrogen-bond donors (Lipinski definition) is 3. The Balaban J connectivity index is 1.17. The number of aromatic nitrogens is 2. The van der Waals surface area contributed by atoms with E-state index in [-0.39, 0.29) is 11.1 Å². The van der Waals surface area contributed by atoms with Crippen LogP contribution in [-0.2, 0) is 21.0 Å². The lowest BCUT2D eigenvalue weighted by atomic mass is 10.0. The van der Waals surface area contributed by atoms with Gasteiger partial charge in [-0.3, -0.25) is 30.0 Å². The highest BCUT2D eigenvalue weighted by Gasteiger charge is 2.36. The largest absolute Gasteiger partial charge is 0.335 e. The van der Waals surface area contributed by atoms with Gasteiger partial charge in [0.1, 0.15) is 5.57 Å². The van der Waals surface area contributed by atoms with Crippen LogP contribution in [0.1, 0.15) is 16.7 Å². The molecule has 0 bridgehead atoms. The Morgan fingerprint density at radius 3 is 2.15 bits per heavy atom. The van der Waals surface area contributed by atoms with Gasteiger partial charge in [0.25, 0.3) is 17.4 Å². The van der Waals surface area contributed by atoms with Gasteiger partial charge in [-0.25, -0.2) is 19.1 Å². The van der Waals surface area contributed by atoms with Crippen molar-refractivity contribution in [3.8, 4) is 16.8 Å². The number of rotatable bonds is 11. The first kappa shape index (κ1) is 35.8. The van der Waals surface area contributed by atoms with E-state index in [2.05, 4.69) is 15.8 Å². The topological polar surface area (TPSA) is 143 Å². The number of H-pyrrole nitrogens is 1. The highest BCUT2D eigenvalue weighted by atomic mass is 16.6. The van der Waals surface area contributed by atoms with Crippen LogP contribution in [0, 0.1) is 0 Å². The molecular formula is C44H33N5O6. The summed E-state index contributed by atoms with van der Waals surface area (Å²) < 4.78 is 1.01. The maximum Gasteiger partial charge on any atom is 0.335 e. The number of carbonyl (C=O) groups excluding carboxylic acids is 3. The van der Waals surface area contributed by atoms with Crippen LogP contribution in [0.25, 0.3) is 28.5 Å². The summed E-state index contributed by atoms with van der Waals surface area (Å²) in [6.45, 7) is 0.303. The monoisotopic (exact) mass is 727 g/mol. The van der Waals surface area contributed by atoms with Crippen LogP contribution in [0.2, 0.25) is 0 Å². The van der Waals surface area contributed by atoms with Crippen molar-refractivity contribution in [1.82, 2.24) is 14.9 Å². The van der Waals surface area contributed by atoms with Crippen LogP contribution >= 0.6 is 0 Å². The van der Waals surface area contributed by atoms with Gasteiger partial charge in [0, 0.05) is 6.20 Å². The quantitative estimate of drug-likeness (QED) is 0.0562. The van der Waals surface area contributed by atoms with E-state index in [4.69, 9.17) is 4.84 Å². The molecule has 1 saturated heterocycles. The third-order valence-electron chi connectivity index (χ3n) is 8.67. The van der Waals surface area contributed by atoms with Crippen LogP contribution in [-0.4, -0.2) is 27.4 Å². The predicted octanol–water partition coefficient (Wildman–Crippen LogP) is 7.04. The molecule has 0 aliphatic carbocycles. The predicted molar refractivity (Wildman–Crippen MR) is 212 cm³/mol. The molecule has 2 heterocycles.